The fourth-order valence-electron chi connectivity index (χ4n) is 3.93. The lowest BCUT2D eigenvalue weighted by atomic mass is 9.98. The standard InChI is InChI=1S/C26H27N3O7/c27-23(29-26(32)33-15-17-7-3-1-4-8-17)18-11-12-21-19(13-18)14-22(35-21)36-25(31)24(28-16-30)34-20-9-5-2-6-10-20/h1,3-4,7-8,11-14,16,20,24H,2,5-6,9-10,15H2,(H,28,30)(H2,27,29,32). The third kappa shape index (κ3) is 6.70. The molecule has 1 atom stereocenters. The van der Waals surface area contributed by atoms with Crippen LogP contribution in [0.15, 0.2) is 59.0 Å². The predicted octanol–water partition coefficient (Wildman–Crippen LogP) is 4.01. The van der Waals surface area contributed by atoms with E-state index in [9.17, 15) is 14.4 Å². The van der Waals surface area contributed by atoms with Crippen molar-refractivity contribution in [3.63, 3.8) is 0 Å². The predicted molar refractivity (Wildman–Crippen MR) is 129 cm³/mol. The minimum absolute atomic E-state index is 0.0832. The van der Waals surface area contributed by atoms with E-state index in [1.165, 1.54) is 6.07 Å². The van der Waals surface area contributed by atoms with Crippen LogP contribution >= 0.6 is 0 Å². The molecule has 188 valence electrons. The van der Waals surface area contributed by atoms with Crippen molar-refractivity contribution < 1.29 is 33.0 Å². The van der Waals surface area contributed by atoms with Gasteiger partial charge in [0.15, 0.2) is 0 Å². The third-order valence-electron chi connectivity index (χ3n) is 5.74. The van der Waals surface area contributed by atoms with Crippen LogP contribution in [0.2, 0.25) is 0 Å². The molecule has 2 aromatic carbocycles. The first-order chi connectivity index (χ1) is 17.5. The minimum atomic E-state index is -1.24. The van der Waals surface area contributed by atoms with Gasteiger partial charge in [0.2, 0.25) is 12.6 Å². The van der Waals surface area contributed by atoms with Crippen LogP contribution < -0.4 is 15.4 Å². The second-order valence-corrected chi connectivity index (χ2v) is 8.36. The monoisotopic (exact) mass is 493 g/mol. The number of ether oxygens (including phenoxy) is 3. The second-order valence-electron chi connectivity index (χ2n) is 8.36. The molecule has 4 rings (SSSR count). The summed E-state index contributed by atoms with van der Waals surface area (Å²) in [5, 5.41) is 13.5. The summed E-state index contributed by atoms with van der Waals surface area (Å²) in [6, 6.07) is 15.5. The number of carbonyl (C=O) groups excluding carboxylic acids is 3. The molecule has 2 amide bonds. The lowest BCUT2D eigenvalue weighted by molar-refractivity contribution is -0.158. The maximum atomic E-state index is 12.6. The van der Waals surface area contributed by atoms with Crippen LogP contribution in [0.5, 0.6) is 5.95 Å². The summed E-state index contributed by atoms with van der Waals surface area (Å²) >= 11 is 0. The smallest absolute Gasteiger partial charge is 0.413 e. The van der Waals surface area contributed by atoms with Crippen LogP contribution in [-0.2, 0) is 25.7 Å². The molecule has 0 spiro atoms. The summed E-state index contributed by atoms with van der Waals surface area (Å²) in [4.78, 5) is 35.6. The SMILES string of the molecule is N=C(NC(=O)OCc1ccccc1)c1ccc2oc(OC(=O)C(NC=O)OC3CCCCC3)cc2c1. The molecule has 1 aliphatic carbocycles. The zero-order valence-corrected chi connectivity index (χ0v) is 19.5. The second kappa shape index (κ2) is 12.0. The van der Waals surface area contributed by atoms with E-state index in [0.29, 0.717) is 22.9 Å². The molecular weight excluding hydrogens is 466 g/mol. The van der Waals surface area contributed by atoms with Gasteiger partial charge in [0.05, 0.1) is 6.10 Å². The minimum Gasteiger partial charge on any atom is -0.444 e. The van der Waals surface area contributed by atoms with Crippen molar-refractivity contribution >= 4 is 35.3 Å². The number of alkyl carbamates (subject to hydrolysis) is 1. The molecule has 10 nitrogen and oxygen atoms in total. The van der Waals surface area contributed by atoms with Crippen molar-refractivity contribution in [2.75, 3.05) is 0 Å². The topological polar surface area (TPSA) is 140 Å². The Morgan fingerprint density at radius 2 is 1.86 bits per heavy atom. The Morgan fingerprint density at radius 3 is 2.61 bits per heavy atom. The normalized spacial score (nSPS) is 14.6. The number of benzene rings is 2. The molecule has 36 heavy (non-hydrogen) atoms. The molecule has 3 aromatic rings. The van der Waals surface area contributed by atoms with Crippen molar-refractivity contribution in [2.45, 2.75) is 51.0 Å². The third-order valence-corrected chi connectivity index (χ3v) is 5.74. The molecule has 1 saturated carbocycles. The Morgan fingerprint density at radius 1 is 1.08 bits per heavy atom. The molecule has 0 aliphatic heterocycles. The van der Waals surface area contributed by atoms with Crippen LogP contribution in [0.3, 0.4) is 0 Å². The van der Waals surface area contributed by atoms with Crippen LogP contribution in [-0.4, -0.2) is 36.6 Å². The average Bonchev–Trinajstić information content (AvgIpc) is 3.30. The molecule has 1 aromatic heterocycles. The van der Waals surface area contributed by atoms with Crippen molar-refractivity contribution in [1.29, 1.82) is 5.41 Å². The molecular formula is C26H27N3O7. The fourth-order valence-corrected chi connectivity index (χ4v) is 3.93. The summed E-state index contributed by atoms with van der Waals surface area (Å²) < 4.78 is 21.7. The van der Waals surface area contributed by atoms with Crippen LogP contribution in [0.1, 0.15) is 43.2 Å². The van der Waals surface area contributed by atoms with E-state index in [0.717, 1.165) is 37.7 Å². The van der Waals surface area contributed by atoms with E-state index >= 15 is 0 Å². The van der Waals surface area contributed by atoms with Gasteiger partial charge in [-0.1, -0.05) is 49.6 Å². The molecule has 0 saturated heterocycles. The van der Waals surface area contributed by atoms with Crippen molar-refractivity contribution in [2.24, 2.45) is 0 Å². The molecule has 1 heterocycles. The van der Waals surface area contributed by atoms with Gasteiger partial charge in [-0.15, -0.1) is 0 Å². The van der Waals surface area contributed by atoms with Gasteiger partial charge in [0.25, 0.3) is 5.95 Å². The summed E-state index contributed by atoms with van der Waals surface area (Å²) in [6.07, 6.45) is 3.05. The maximum Gasteiger partial charge on any atom is 0.413 e. The molecule has 1 unspecified atom stereocenters. The number of amides is 2. The number of carbonyl (C=O) groups is 3. The van der Waals surface area contributed by atoms with E-state index in [-0.39, 0.29) is 24.5 Å². The zero-order chi connectivity index (χ0) is 25.3. The van der Waals surface area contributed by atoms with Crippen molar-refractivity contribution in [3.05, 3.63) is 65.7 Å². The number of esters is 1. The van der Waals surface area contributed by atoms with Crippen molar-refractivity contribution in [1.82, 2.24) is 10.6 Å². The van der Waals surface area contributed by atoms with Gasteiger partial charge in [-0.3, -0.25) is 15.5 Å². The maximum absolute atomic E-state index is 12.6. The summed E-state index contributed by atoms with van der Waals surface area (Å²) in [5.41, 5.74) is 1.64. The Bertz CT molecular complexity index is 1220. The van der Waals surface area contributed by atoms with E-state index in [1.54, 1.807) is 18.2 Å². The average molecular weight is 494 g/mol. The number of furan rings is 1. The summed E-state index contributed by atoms with van der Waals surface area (Å²) in [6.45, 7) is 0.0832. The zero-order valence-electron chi connectivity index (χ0n) is 19.5. The number of fused-ring (bicyclic) bond motifs is 1. The number of amidine groups is 1. The van der Waals surface area contributed by atoms with E-state index in [1.807, 2.05) is 30.3 Å². The first-order valence-corrected chi connectivity index (χ1v) is 11.7. The largest absolute Gasteiger partial charge is 0.444 e. The van der Waals surface area contributed by atoms with Gasteiger partial charge in [0.1, 0.15) is 18.0 Å². The highest BCUT2D eigenvalue weighted by Gasteiger charge is 2.27. The highest BCUT2D eigenvalue weighted by Crippen LogP contribution is 2.27. The molecule has 0 radical (unpaired) electrons. The van der Waals surface area contributed by atoms with Gasteiger partial charge in [-0.2, -0.15) is 0 Å². The van der Waals surface area contributed by atoms with Gasteiger partial charge >= 0.3 is 12.1 Å². The van der Waals surface area contributed by atoms with Crippen LogP contribution in [0.4, 0.5) is 4.79 Å². The molecule has 10 heteroatoms. The number of hydrogen-bond acceptors (Lipinski definition) is 8. The van der Waals surface area contributed by atoms with E-state index in [4.69, 9.17) is 24.0 Å². The summed E-state index contributed by atoms with van der Waals surface area (Å²) in [5.74, 6) is -1.05. The van der Waals surface area contributed by atoms with Gasteiger partial charge < -0.3 is 23.9 Å². The molecule has 1 aliphatic rings. The highest BCUT2D eigenvalue weighted by atomic mass is 16.6. The first kappa shape index (κ1) is 24.9. The van der Waals surface area contributed by atoms with E-state index in [2.05, 4.69) is 10.6 Å². The lowest BCUT2D eigenvalue weighted by Crippen LogP contribution is -2.43. The Labute approximate surface area is 207 Å². The Kier molecular flexibility index (Phi) is 8.30. The highest BCUT2D eigenvalue weighted by molar-refractivity contribution is 6.06. The Hall–Kier alpha value is -4.18. The lowest BCUT2D eigenvalue weighted by Gasteiger charge is -2.25. The molecule has 0 bridgehead atoms. The quantitative estimate of drug-likeness (QED) is 0.134. The molecule has 3 N–H and O–H groups in total. The van der Waals surface area contributed by atoms with Crippen LogP contribution in [0, 0.1) is 5.41 Å². The number of nitrogens with one attached hydrogen (secondary N) is 3. The van der Waals surface area contributed by atoms with Crippen molar-refractivity contribution in [3.8, 4) is 5.95 Å². The fraction of sp³-hybridized carbons (Fsp3) is 0.308. The first-order valence-electron chi connectivity index (χ1n) is 11.7. The number of hydrogen-bond donors (Lipinski definition) is 3. The van der Waals surface area contributed by atoms with Gasteiger partial charge in [-0.05, 0) is 36.6 Å². The van der Waals surface area contributed by atoms with Gasteiger partial charge in [-0.25, -0.2) is 9.59 Å². The van der Waals surface area contributed by atoms with E-state index < -0.39 is 18.3 Å². The van der Waals surface area contributed by atoms with Gasteiger partial charge in [0, 0.05) is 17.0 Å². The molecule has 1 fully saturated rings. The number of rotatable bonds is 9. The summed E-state index contributed by atoms with van der Waals surface area (Å²) in [7, 11) is 0. The Balaban J connectivity index is 1.35. The van der Waals surface area contributed by atoms with Crippen LogP contribution in [0.25, 0.3) is 11.0 Å².